The molecule has 4 aromatic carbocycles. The van der Waals surface area contributed by atoms with E-state index in [1.165, 1.54) is 56.8 Å². The van der Waals surface area contributed by atoms with Crippen molar-refractivity contribution in [2.45, 2.75) is 126 Å². The summed E-state index contributed by atoms with van der Waals surface area (Å²) in [6, 6.07) is 12.1. The van der Waals surface area contributed by atoms with Gasteiger partial charge in [0.05, 0.1) is 33.6 Å². The minimum Gasteiger partial charge on any atom is -0.268 e. The summed E-state index contributed by atoms with van der Waals surface area (Å²) >= 11 is 6.14. The molecule has 0 atom stereocenters. The van der Waals surface area contributed by atoms with E-state index < -0.39 is 23.6 Å². The quantitative estimate of drug-likeness (QED) is 0.0919. The van der Waals surface area contributed by atoms with E-state index in [4.69, 9.17) is 0 Å². The molecule has 0 N–H and O–H groups in total. The number of hydrogen-bond acceptors (Lipinski definition) is 8. The number of rotatable bonds is 14. The number of thioether (sulfide) groups is 4. The van der Waals surface area contributed by atoms with Gasteiger partial charge in [0, 0.05) is 30.4 Å². The number of imide groups is 2. The van der Waals surface area contributed by atoms with E-state index in [0.717, 1.165) is 22.3 Å². The normalized spacial score (nSPS) is 14.3. The summed E-state index contributed by atoms with van der Waals surface area (Å²) < 4.78 is 0. The summed E-state index contributed by atoms with van der Waals surface area (Å²) in [4.78, 5) is 68.1. The maximum atomic E-state index is 15.6. The Morgan fingerprint density at radius 1 is 0.411 bits per heavy atom. The van der Waals surface area contributed by atoms with Gasteiger partial charge in [-0.25, -0.2) is 9.80 Å². The average Bonchev–Trinajstić information content (AvgIpc) is 3.14. The highest BCUT2D eigenvalue weighted by atomic mass is 32.2. The van der Waals surface area contributed by atoms with Crippen LogP contribution in [0.1, 0.15) is 170 Å². The van der Waals surface area contributed by atoms with Crippen molar-refractivity contribution in [1.29, 1.82) is 0 Å². The molecular weight excluding hydrogens is 773 g/mol. The fourth-order valence-electron chi connectivity index (χ4n) is 8.18. The minimum atomic E-state index is -0.401. The lowest BCUT2D eigenvalue weighted by Gasteiger charge is -2.39. The van der Waals surface area contributed by atoms with Crippen LogP contribution in [0.15, 0.2) is 56.0 Å². The van der Waals surface area contributed by atoms with Gasteiger partial charge in [-0.05, 0) is 68.9 Å². The first-order chi connectivity index (χ1) is 26.7. The molecule has 0 saturated carbocycles. The second-order valence-electron chi connectivity index (χ2n) is 15.4. The summed E-state index contributed by atoms with van der Waals surface area (Å²) in [6.07, 6.45) is 0. The zero-order valence-electron chi connectivity index (χ0n) is 34.8. The number of carbonyl (C=O) groups excluding carboxylic acids is 4. The zero-order valence-corrected chi connectivity index (χ0v) is 38.0. The number of benzene rings is 4. The summed E-state index contributed by atoms with van der Waals surface area (Å²) in [5.41, 5.74) is 6.68. The molecule has 10 heteroatoms. The lowest BCUT2D eigenvalue weighted by Crippen LogP contribution is -2.46. The molecule has 0 unspecified atom stereocenters. The van der Waals surface area contributed by atoms with Crippen molar-refractivity contribution in [1.82, 2.24) is 0 Å². The van der Waals surface area contributed by atoms with Crippen molar-refractivity contribution in [2.75, 3.05) is 32.8 Å². The number of nitrogens with zero attached hydrogens (tertiary/aromatic N) is 2. The summed E-state index contributed by atoms with van der Waals surface area (Å²) in [5, 5.41) is 0.898. The third-order valence-electron chi connectivity index (χ3n) is 10.5. The number of carbonyl (C=O) groups is 4. The Morgan fingerprint density at radius 2 is 0.625 bits per heavy atom. The zero-order chi connectivity index (χ0) is 40.9. The van der Waals surface area contributed by atoms with Crippen molar-refractivity contribution < 1.29 is 19.2 Å². The Hall–Kier alpha value is -3.18. The molecule has 2 heterocycles. The van der Waals surface area contributed by atoms with Gasteiger partial charge in [0.25, 0.3) is 23.6 Å². The lowest BCUT2D eigenvalue weighted by atomic mass is 9.83. The number of anilines is 2. The molecule has 56 heavy (non-hydrogen) atoms. The molecule has 0 spiro atoms. The van der Waals surface area contributed by atoms with Gasteiger partial charge in [-0.2, -0.15) is 0 Å². The van der Waals surface area contributed by atoms with Crippen LogP contribution >= 0.6 is 47.0 Å². The first kappa shape index (κ1) is 42.4. The molecule has 0 aromatic heterocycles. The summed E-state index contributed by atoms with van der Waals surface area (Å²) in [7, 11) is 0. The van der Waals surface area contributed by atoms with Crippen molar-refractivity contribution in [2.24, 2.45) is 0 Å². The van der Waals surface area contributed by atoms with E-state index in [9.17, 15) is 0 Å². The Labute approximate surface area is 350 Å². The molecule has 0 fully saturated rings. The van der Waals surface area contributed by atoms with Gasteiger partial charge in [-0.15, -0.1) is 47.0 Å². The highest BCUT2D eigenvalue weighted by Gasteiger charge is 2.48. The predicted octanol–water partition coefficient (Wildman–Crippen LogP) is 13.4. The van der Waals surface area contributed by atoms with Crippen LogP contribution in [0.5, 0.6) is 0 Å². The van der Waals surface area contributed by atoms with Gasteiger partial charge in [0.1, 0.15) is 0 Å². The third kappa shape index (κ3) is 6.74. The third-order valence-corrected chi connectivity index (χ3v) is 14.7. The molecule has 0 radical (unpaired) electrons. The Balaban J connectivity index is 1.87. The van der Waals surface area contributed by atoms with Crippen LogP contribution in [-0.2, 0) is 0 Å². The topological polar surface area (TPSA) is 74.8 Å². The van der Waals surface area contributed by atoms with E-state index in [-0.39, 0.29) is 23.7 Å². The Morgan fingerprint density at radius 3 is 0.804 bits per heavy atom. The predicted molar refractivity (Wildman–Crippen MR) is 241 cm³/mol. The Kier molecular flexibility index (Phi) is 12.9. The molecule has 0 aliphatic carbocycles. The van der Waals surface area contributed by atoms with Crippen LogP contribution in [-0.4, -0.2) is 46.6 Å². The second-order valence-corrected chi connectivity index (χ2v) is 20.5. The first-order valence-electron chi connectivity index (χ1n) is 20.0. The maximum absolute atomic E-state index is 15.6. The smallest absolute Gasteiger partial charge is 0.267 e. The standard InChI is InChI=1S/C46H54N2O4S4/c1-13-53-39-33-31-32-34(40(39)54-14-2)44(50)48(38-29(25(9)10)21-18-22-30(38)26(11)12)46(52)36(32)42(56-16-4)41(55-15-3)35(31)45(51)47(43(33)49)37-27(23(5)6)19-17-20-28(37)24(7)8/h17-26H,13-16H2,1-12H3. The molecule has 2 aliphatic heterocycles. The van der Waals surface area contributed by atoms with E-state index in [0.29, 0.717) is 87.0 Å². The molecule has 2 aliphatic rings. The Bertz CT molecular complexity index is 1970. The maximum Gasteiger partial charge on any atom is 0.267 e. The molecule has 4 aromatic rings. The largest absolute Gasteiger partial charge is 0.268 e. The number of hydrogen-bond donors (Lipinski definition) is 0. The molecule has 0 bridgehead atoms. The van der Waals surface area contributed by atoms with Crippen LogP contribution in [0.25, 0.3) is 10.8 Å². The monoisotopic (exact) mass is 826 g/mol. The van der Waals surface area contributed by atoms with E-state index in [1.807, 2.05) is 64.1 Å². The van der Waals surface area contributed by atoms with Crippen LogP contribution < -0.4 is 9.80 Å². The summed E-state index contributed by atoms with van der Waals surface area (Å²) in [5.74, 6) is 1.12. The lowest BCUT2D eigenvalue weighted by molar-refractivity contribution is 0.0866. The number of para-hydroxylation sites is 2. The highest BCUT2D eigenvalue weighted by molar-refractivity contribution is 8.02. The van der Waals surface area contributed by atoms with E-state index in [1.54, 1.807) is 0 Å². The minimum absolute atomic E-state index is 0.0399. The van der Waals surface area contributed by atoms with Crippen molar-refractivity contribution >= 4 is 92.8 Å². The average molecular weight is 827 g/mol. The van der Waals surface area contributed by atoms with Gasteiger partial charge in [0.2, 0.25) is 0 Å². The molecule has 0 saturated heterocycles. The van der Waals surface area contributed by atoms with Gasteiger partial charge < -0.3 is 0 Å². The van der Waals surface area contributed by atoms with E-state index in [2.05, 4.69) is 55.4 Å². The van der Waals surface area contributed by atoms with Gasteiger partial charge in [0.15, 0.2) is 0 Å². The fourth-order valence-corrected chi connectivity index (χ4v) is 12.3. The van der Waals surface area contributed by atoms with Crippen LogP contribution in [0.2, 0.25) is 0 Å². The molecular formula is C46H54N2O4S4. The highest BCUT2D eigenvalue weighted by Crippen LogP contribution is 2.55. The van der Waals surface area contributed by atoms with Gasteiger partial charge in [-0.3, -0.25) is 19.2 Å². The SMILES string of the molecule is CCSc1c(SCC)c2c3c(c(SCC)c(SCC)c4c3c1C(=O)N(c1c(C(C)C)cccc1C(C)C)C4=O)C(=O)N(c1c(C(C)C)cccc1C(C)C)C2=O. The molecule has 6 nitrogen and oxygen atoms in total. The van der Waals surface area contributed by atoms with Crippen LogP contribution in [0, 0.1) is 0 Å². The first-order valence-corrected chi connectivity index (χ1v) is 23.9. The number of amides is 4. The van der Waals surface area contributed by atoms with Crippen molar-refractivity contribution in [3.63, 3.8) is 0 Å². The summed E-state index contributed by atoms with van der Waals surface area (Å²) in [6.45, 7) is 24.9. The fraction of sp³-hybridized carbons (Fsp3) is 0.435. The molecule has 4 amide bonds. The second kappa shape index (κ2) is 17.0. The van der Waals surface area contributed by atoms with Crippen molar-refractivity contribution in [3.8, 4) is 0 Å². The van der Waals surface area contributed by atoms with Crippen LogP contribution in [0.3, 0.4) is 0 Å². The van der Waals surface area contributed by atoms with E-state index >= 15 is 19.2 Å². The molecule has 6 rings (SSSR count). The van der Waals surface area contributed by atoms with Gasteiger partial charge in [-0.1, -0.05) is 119 Å². The van der Waals surface area contributed by atoms with Crippen LogP contribution in [0.4, 0.5) is 11.4 Å². The molecule has 296 valence electrons. The van der Waals surface area contributed by atoms with Crippen molar-refractivity contribution in [3.05, 3.63) is 80.9 Å². The van der Waals surface area contributed by atoms with Gasteiger partial charge >= 0.3 is 0 Å².